The molecule has 10 heavy (non-hydrogen) atoms. The van der Waals surface area contributed by atoms with Crippen LogP contribution in [-0.2, 0) is 0 Å². The van der Waals surface area contributed by atoms with E-state index in [-0.39, 0.29) is 0 Å². The van der Waals surface area contributed by atoms with Crippen LogP contribution in [0.25, 0.3) is 0 Å². The zero-order chi connectivity index (χ0) is 7.78. The lowest BCUT2D eigenvalue weighted by atomic mass is 9.77. The van der Waals surface area contributed by atoms with Crippen LogP contribution in [0.1, 0.15) is 27.2 Å². The summed E-state index contributed by atoms with van der Waals surface area (Å²) in [5, 5.41) is 7.48. The van der Waals surface area contributed by atoms with Crippen molar-refractivity contribution < 1.29 is 0 Å². The lowest BCUT2D eigenvalue weighted by Crippen LogP contribution is -2.22. The molecule has 0 aliphatic heterocycles. The van der Waals surface area contributed by atoms with Crippen molar-refractivity contribution in [2.24, 2.45) is 11.3 Å². The highest BCUT2D eigenvalue weighted by molar-refractivity contribution is 5.94. The summed E-state index contributed by atoms with van der Waals surface area (Å²) < 4.78 is 0. The Kier molecular flexibility index (Phi) is 1.67. The summed E-state index contributed by atoms with van der Waals surface area (Å²) >= 11 is 0. The Labute approximate surface area is 62.6 Å². The van der Waals surface area contributed by atoms with Crippen molar-refractivity contribution in [3.05, 3.63) is 12.2 Å². The Hall–Kier alpha value is -0.590. The van der Waals surface area contributed by atoms with Gasteiger partial charge in [-0.3, -0.25) is 0 Å². The van der Waals surface area contributed by atoms with Gasteiger partial charge in [-0.25, -0.2) is 0 Å². The highest BCUT2D eigenvalue weighted by Crippen LogP contribution is 2.31. The lowest BCUT2D eigenvalue weighted by molar-refractivity contribution is 0.390. The quantitative estimate of drug-likeness (QED) is 0.530. The van der Waals surface area contributed by atoms with Gasteiger partial charge in [0.05, 0.1) is 0 Å². The minimum atomic E-state index is 0.309. The van der Waals surface area contributed by atoms with Crippen molar-refractivity contribution >= 4 is 5.71 Å². The van der Waals surface area contributed by atoms with Gasteiger partial charge in [0.1, 0.15) is 0 Å². The van der Waals surface area contributed by atoms with Crippen molar-refractivity contribution in [3.63, 3.8) is 0 Å². The van der Waals surface area contributed by atoms with E-state index in [9.17, 15) is 0 Å². The smallest absolute Gasteiger partial charge is 0.0339 e. The van der Waals surface area contributed by atoms with Gasteiger partial charge in [-0.1, -0.05) is 26.8 Å². The highest BCUT2D eigenvalue weighted by Gasteiger charge is 2.23. The molecule has 0 aromatic heterocycles. The average molecular weight is 137 g/mol. The zero-order valence-corrected chi connectivity index (χ0v) is 6.94. The number of hydrogen-bond donors (Lipinski definition) is 1. The van der Waals surface area contributed by atoms with Gasteiger partial charge in [-0.15, -0.1) is 0 Å². The SMILES string of the molecule is CC1CC(C)(C)C=CC1=N. The molecule has 1 N–H and O–H groups in total. The molecular formula is C9H15N. The third-order valence-corrected chi connectivity index (χ3v) is 2.08. The van der Waals surface area contributed by atoms with Crippen molar-refractivity contribution in [2.75, 3.05) is 0 Å². The van der Waals surface area contributed by atoms with E-state index >= 15 is 0 Å². The maximum atomic E-state index is 7.48. The van der Waals surface area contributed by atoms with Gasteiger partial charge in [0.25, 0.3) is 0 Å². The third kappa shape index (κ3) is 1.47. The van der Waals surface area contributed by atoms with Gasteiger partial charge in [-0.2, -0.15) is 0 Å². The van der Waals surface area contributed by atoms with E-state index in [1.165, 1.54) is 0 Å². The molecule has 0 spiro atoms. The van der Waals surface area contributed by atoms with Crippen molar-refractivity contribution in [1.82, 2.24) is 0 Å². The second kappa shape index (κ2) is 2.22. The monoisotopic (exact) mass is 137 g/mol. The topological polar surface area (TPSA) is 23.9 Å². The molecule has 0 aromatic rings. The van der Waals surface area contributed by atoms with Crippen LogP contribution in [0.15, 0.2) is 12.2 Å². The molecule has 1 unspecified atom stereocenters. The van der Waals surface area contributed by atoms with E-state index in [0.717, 1.165) is 12.1 Å². The summed E-state index contributed by atoms with van der Waals surface area (Å²) in [7, 11) is 0. The minimum absolute atomic E-state index is 0.309. The molecule has 0 saturated heterocycles. The number of hydrogen-bond acceptors (Lipinski definition) is 1. The molecule has 1 aliphatic rings. The second-order valence-electron chi connectivity index (χ2n) is 3.88. The van der Waals surface area contributed by atoms with Gasteiger partial charge < -0.3 is 5.41 Å². The summed E-state index contributed by atoms with van der Waals surface area (Å²) in [4.78, 5) is 0. The summed E-state index contributed by atoms with van der Waals surface area (Å²) in [6.45, 7) is 6.55. The first-order valence-corrected chi connectivity index (χ1v) is 3.79. The van der Waals surface area contributed by atoms with Crippen LogP contribution in [0.4, 0.5) is 0 Å². The van der Waals surface area contributed by atoms with Gasteiger partial charge in [-0.05, 0) is 23.8 Å². The normalized spacial score (nSPS) is 30.7. The molecule has 0 amide bonds. The molecule has 0 fully saturated rings. The first-order chi connectivity index (χ1) is 4.51. The molecule has 1 rings (SSSR count). The van der Waals surface area contributed by atoms with Crippen LogP contribution >= 0.6 is 0 Å². The predicted octanol–water partition coefficient (Wildman–Crippen LogP) is 2.63. The first kappa shape index (κ1) is 7.52. The third-order valence-electron chi connectivity index (χ3n) is 2.08. The van der Waals surface area contributed by atoms with Crippen LogP contribution in [0.2, 0.25) is 0 Å². The van der Waals surface area contributed by atoms with Crippen LogP contribution in [0.3, 0.4) is 0 Å². The number of rotatable bonds is 0. The van der Waals surface area contributed by atoms with E-state index < -0.39 is 0 Å². The van der Waals surface area contributed by atoms with Gasteiger partial charge >= 0.3 is 0 Å². The summed E-state index contributed by atoms with van der Waals surface area (Å²) in [6, 6.07) is 0. The number of allylic oxidation sites excluding steroid dienone is 2. The summed E-state index contributed by atoms with van der Waals surface area (Å²) in [5.41, 5.74) is 1.09. The maximum Gasteiger partial charge on any atom is 0.0339 e. The van der Waals surface area contributed by atoms with Crippen LogP contribution < -0.4 is 0 Å². The zero-order valence-electron chi connectivity index (χ0n) is 6.94. The fraction of sp³-hybridized carbons (Fsp3) is 0.667. The van der Waals surface area contributed by atoms with E-state index in [4.69, 9.17) is 5.41 Å². The Bertz CT molecular complexity index is 177. The molecule has 0 heterocycles. The Balaban J connectivity index is 2.78. The molecule has 0 bridgehead atoms. The van der Waals surface area contributed by atoms with Gasteiger partial charge in [0.2, 0.25) is 0 Å². The Morgan fingerprint density at radius 3 is 2.60 bits per heavy atom. The molecule has 0 saturated carbocycles. The highest BCUT2D eigenvalue weighted by atomic mass is 14.5. The second-order valence-corrected chi connectivity index (χ2v) is 3.88. The van der Waals surface area contributed by atoms with Gasteiger partial charge in [0, 0.05) is 5.71 Å². The molecular weight excluding hydrogens is 122 g/mol. The Morgan fingerprint density at radius 2 is 2.20 bits per heavy atom. The minimum Gasteiger partial charge on any atom is -0.305 e. The molecule has 1 nitrogen and oxygen atoms in total. The molecule has 1 atom stereocenters. The standard InChI is InChI=1S/C9H15N/c1-7-6-9(2,3)5-4-8(7)10/h4-5,7,10H,6H2,1-3H3. The molecule has 1 aliphatic carbocycles. The predicted molar refractivity (Wildman–Crippen MR) is 44.4 cm³/mol. The van der Waals surface area contributed by atoms with E-state index in [1.807, 2.05) is 6.08 Å². The number of nitrogens with one attached hydrogen (secondary N) is 1. The van der Waals surface area contributed by atoms with E-state index in [1.54, 1.807) is 0 Å². The van der Waals surface area contributed by atoms with Crippen LogP contribution in [0, 0.1) is 16.7 Å². The molecule has 56 valence electrons. The first-order valence-electron chi connectivity index (χ1n) is 3.79. The Morgan fingerprint density at radius 1 is 1.60 bits per heavy atom. The van der Waals surface area contributed by atoms with Crippen molar-refractivity contribution in [3.8, 4) is 0 Å². The molecule has 0 radical (unpaired) electrons. The van der Waals surface area contributed by atoms with Gasteiger partial charge in [0.15, 0.2) is 0 Å². The van der Waals surface area contributed by atoms with Crippen molar-refractivity contribution in [1.29, 1.82) is 5.41 Å². The summed E-state index contributed by atoms with van der Waals surface area (Å²) in [5.74, 6) is 0.444. The van der Waals surface area contributed by atoms with Crippen molar-refractivity contribution in [2.45, 2.75) is 27.2 Å². The maximum absolute atomic E-state index is 7.48. The fourth-order valence-corrected chi connectivity index (χ4v) is 1.45. The average Bonchev–Trinajstić information content (AvgIpc) is 1.79. The lowest BCUT2D eigenvalue weighted by Gasteiger charge is -2.28. The van der Waals surface area contributed by atoms with Crippen LogP contribution in [-0.4, -0.2) is 5.71 Å². The van der Waals surface area contributed by atoms with Crippen LogP contribution in [0.5, 0.6) is 0 Å². The summed E-state index contributed by atoms with van der Waals surface area (Å²) in [6.07, 6.45) is 5.19. The largest absolute Gasteiger partial charge is 0.305 e. The van der Waals surface area contributed by atoms with E-state index in [2.05, 4.69) is 26.8 Å². The molecule has 0 aromatic carbocycles. The fourth-order valence-electron chi connectivity index (χ4n) is 1.45. The van der Waals surface area contributed by atoms with E-state index in [0.29, 0.717) is 11.3 Å². The molecule has 1 heteroatoms.